The summed E-state index contributed by atoms with van der Waals surface area (Å²) in [6.45, 7) is 7.98. The third-order valence-corrected chi connectivity index (χ3v) is 7.17. The molecule has 1 atom stereocenters. The standard InChI is InChI=1S/C27H38N2O3S/c1-4-32-17-8-16-29(25(30)19-24-11-7-18-33-24)26(27(31)28-23-9-5-6-10-23)22-14-12-21(13-15-22)20(2)3/h7,11-15,18,20,23,26H,4-6,8-10,16-17,19H2,1-3H3,(H,28,31)/t26-/m1/s1. The van der Waals surface area contributed by atoms with Gasteiger partial charge in [-0.1, -0.05) is 57.0 Å². The third kappa shape index (κ3) is 7.41. The maximum absolute atomic E-state index is 13.6. The van der Waals surface area contributed by atoms with Crippen molar-refractivity contribution in [1.29, 1.82) is 0 Å². The first-order valence-corrected chi connectivity index (χ1v) is 13.2. The Balaban J connectivity index is 1.89. The van der Waals surface area contributed by atoms with Gasteiger partial charge in [-0.2, -0.15) is 0 Å². The summed E-state index contributed by atoms with van der Waals surface area (Å²) in [7, 11) is 0. The fraction of sp³-hybridized carbons (Fsp3) is 0.556. The van der Waals surface area contributed by atoms with Crippen LogP contribution in [-0.2, 0) is 20.7 Å². The Morgan fingerprint density at radius 1 is 1.12 bits per heavy atom. The van der Waals surface area contributed by atoms with Crippen LogP contribution >= 0.6 is 11.3 Å². The van der Waals surface area contributed by atoms with E-state index in [1.54, 1.807) is 16.2 Å². The lowest BCUT2D eigenvalue weighted by atomic mass is 9.97. The summed E-state index contributed by atoms with van der Waals surface area (Å²) in [6.07, 6.45) is 5.32. The highest BCUT2D eigenvalue weighted by molar-refractivity contribution is 7.10. The number of thiophene rings is 1. The Hall–Kier alpha value is -2.18. The number of benzene rings is 1. The maximum Gasteiger partial charge on any atom is 0.247 e. The van der Waals surface area contributed by atoms with Crippen LogP contribution < -0.4 is 5.32 Å². The summed E-state index contributed by atoms with van der Waals surface area (Å²) >= 11 is 1.58. The molecule has 1 saturated carbocycles. The normalized spacial score (nSPS) is 15.0. The van der Waals surface area contributed by atoms with Crippen LogP contribution in [0, 0.1) is 0 Å². The van der Waals surface area contributed by atoms with Gasteiger partial charge in [-0.3, -0.25) is 9.59 Å². The Morgan fingerprint density at radius 2 is 1.82 bits per heavy atom. The van der Waals surface area contributed by atoms with E-state index in [1.807, 2.05) is 36.6 Å². The van der Waals surface area contributed by atoms with Crippen LogP contribution in [0.25, 0.3) is 0 Å². The van der Waals surface area contributed by atoms with Gasteiger partial charge in [0, 0.05) is 30.7 Å². The first-order chi connectivity index (χ1) is 16.0. The van der Waals surface area contributed by atoms with Gasteiger partial charge in [0.25, 0.3) is 0 Å². The molecule has 2 amide bonds. The van der Waals surface area contributed by atoms with Crippen LogP contribution in [0.3, 0.4) is 0 Å². The highest BCUT2D eigenvalue weighted by atomic mass is 32.1. The van der Waals surface area contributed by atoms with Crippen LogP contribution in [0.15, 0.2) is 41.8 Å². The van der Waals surface area contributed by atoms with Gasteiger partial charge >= 0.3 is 0 Å². The molecular formula is C27H38N2O3S. The predicted molar refractivity (Wildman–Crippen MR) is 135 cm³/mol. The number of hydrogen-bond donors (Lipinski definition) is 1. The van der Waals surface area contributed by atoms with Gasteiger partial charge in [0.1, 0.15) is 6.04 Å². The zero-order valence-electron chi connectivity index (χ0n) is 20.2. The van der Waals surface area contributed by atoms with Crippen LogP contribution in [0.4, 0.5) is 0 Å². The van der Waals surface area contributed by atoms with Crippen molar-refractivity contribution >= 4 is 23.2 Å². The van der Waals surface area contributed by atoms with Crippen LogP contribution in [-0.4, -0.2) is 42.5 Å². The third-order valence-electron chi connectivity index (χ3n) is 6.30. The van der Waals surface area contributed by atoms with E-state index in [2.05, 4.69) is 31.3 Å². The molecule has 1 aliphatic carbocycles. The molecule has 0 aliphatic heterocycles. The van der Waals surface area contributed by atoms with Crippen molar-refractivity contribution in [2.75, 3.05) is 19.8 Å². The lowest BCUT2D eigenvalue weighted by Crippen LogP contribution is -2.47. The van der Waals surface area contributed by atoms with Gasteiger partial charge in [-0.25, -0.2) is 0 Å². The molecule has 0 bridgehead atoms. The molecule has 3 rings (SSSR count). The van der Waals surface area contributed by atoms with Crippen molar-refractivity contribution in [3.63, 3.8) is 0 Å². The van der Waals surface area contributed by atoms with Crippen LogP contribution in [0.5, 0.6) is 0 Å². The second-order valence-corrected chi connectivity index (χ2v) is 10.1. The molecule has 0 radical (unpaired) electrons. The van der Waals surface area contributed by atoms with E-state index in [0.717, 1.165) is 36.1 Å². The molecule has 2 aromatic rings. The van der Waals surface area contributed by atoms with E-state index in [-0.39, 0.29) is 17.9 Å². The lowest BCUT2D eigenvalue weighted by molar-refractivity contribution is -0.141. The van der Waals surface area contributed by atoms with Gasteiger partial charge in [-0.05, 0) is 54.7 Å². The van der Waals surface area contributed by atoms with Crippen molar-refractivity contribution in [3.05, 3.63) is 57.8 Å². The molecular weight excluding hydrogens is 432 g/mol. The summed E-state index contributed by atoms with van der Waals surface area (Å²) < 4.78 is 5.53. The SMILES string of the molecule is CCOCCCN(C(=O)Cc1cccs1)[C@@H](C(=O)NC1CCCC1)c1ccc(C(C)C)cc1. The molecule has 0 saturated heterocycles. The van der Waals surface area contributed by atoms with E-state index < -0.39 is 6.04 Å². The molecule has 5 nitrogen and oxygen atoms in total. The summed E-state index contributed by atoms with van der Waals surface area (Å²) in [5, 5.41) is 5.23. The molecule has 6 heteroatoms. The van der Waals surface area contributed by atoms with Crippen LogP contribution in [0.1, 0.15) is 80.8 Å². The summed E-state index contributed by atoms with van der Waals surface area (Å²) in [5.74, 6) is 0.316. The molecule has 1 aromatic heterocycles. The molecule has 180 valence electrons. The first-order valence-electron chi connectivity index (χ1n) is 12.3. The zero-order valence-corrected chi connectivity index (χ0v) is 21.0. The second kappa shape index (κ2) is 12.9. The molecule has 1 fully saturated rings. The smallest absolute Gasteiger partial charge is 0.247 e. The fourth-order valence-electron chi connectivity index (χ4n) is 4.43. The highest BCUT2D eigenvalue weighted by Crippen LogP contribution is 2.27. The molecule has 1 heterocycles. The Morgan fingerprint density at radius 3 is 2.42 bits per heavy atom. The van der Waals surface area contributed by atoms with Crippen molar-refractivity contribution in [2.45, 2.75) is 77.3 Å². The predicted octanol–water partition coefficient (Wildman–Crippen LogP) is 5.47. The van der Waals surface area contributed by atoms with E-state index in [1.165, 1.54) is 5.56 Å². The van der Waals surface area contributed by atoms with Crippen molar-refractivity contribution in [3.8, 4) is 0 Å². The van der Waals surface area contributed by atoms with E-state index in [0.29, 0.717) is 38.5 Å². The molecule has 33 heavy (non-hydrogen) atoms. The number of rotatable bonds is 12. The summed E-state index contributed by atoms with van der Waals surface area (Å²) in [4.78, 5) is 29.9. The Labute approximate surface area is 202 Å². The van der Waals surface area contributed by atoms with Crippen LogP contribution in [0.2, 0.25) is 0 Å². The average molecular weight is 471 g/mol. The highest BCUT2D eigenvalue weighted by Gasteiger charge is 2.33. The number of carbonyl (C=O) groups excluding carboxylic acids is 2. The quantitative estimate of drug-likeness (QED) is 0.419. The number of carbonyl (C=O) groups is 2. The van der Waals surface area contributed by atoms with Crippen molar-refractivity contribution in [1.82, 2.24) is 10.2 Å². The minimum absolute atomic E-state index is 0.0199. The maximum atomic E-state index is 13.6. The van der Waals surface area contributed by atoms with Gasteiger partial charge < -0.3 is 15.0 Å². The summed E-state index contributed by atoms with van der Waals surface area (Å²) in [5.41, 5.74) is 2.09. The second-order valence-electron chi connectivity index (χ2n) is 9.11. The molecule has 1 N–H and O–H groups in total. The number of nitrogens with one attached hydrogen (secondary N) is 1. The van der Waals surface area contributed by atoms with Gasteiger partial charge in [-0.15, -0.1) is 11.3 Å². The van der Waals surface area contributed by atoms with Gasteiger partial charge in [0.15, 0.2) is 0 Å². The Bertz CT molecular complexity index is 858. The largest absolute Gasteiger partial charge is 0.382 e. The van der Waals surface area contributed by atoms with E-state index >= 15 is 0 Å². The molecule has 0 spiro atoms. The fourth-order valence-corrected chi connectivity index (χ4v) is 5.13. The summed E-state index contributed by atoms with van der Waals surface area (Å²) in [6, 6.07) is 11.7. The number of nitrogens with zero attached hydrogens (tertiary/aromatic N) is 1. The lowest BCUT2D eigenvalue weighted by Gasteiger charge is -2.32. The number of hydrogen-bond acceptors (Lipinski definition) is 4. The van der Waals surface area contributed by atoms with Crippen molar-refractivity contribution in [2.24, 2.45) is 0 Å². The van der Waals surface area contributed by atoms with E-state index in [4.69, 9.17) is 4.74 Å². The number of ether oxygens (including phenoxy) is 1. The monoisotopic (exact) mass is 470 g/mol. The van der Waals surface area contributed by atoms with E-state index in [9.17, 15) is 9.59 Å². The van der Waals surface area contributed by atoms with Crippen molar-refractivity contribution < 1.29 is 14.3 Å². The Kier molecular flexibility index (Phi) is 9.95. The topological polar surface area (TPSA) is 58.6 Å². The number of amides is 2. The molecule has 1 aromatic carbocycles. The van der Waals surface area contributed by atoms with Gasteiger partial charge in [0.2, 0.25) is 11.8 Å². The molecule has 1 aliphatic rings. The van der Waals surface area contributed by atoms with Gasteiger partial charge in [0.05, 0.1) is 6.42 Å². The minimum Gasteiger partial charge on any atom is -0.382 e. The first kappa shape index (κ1) is 25.4. The zero-order chi connectivity index (χ0) is 23.6. The average Bonchev–Trinajstić information content (AvgIpc) is 3.50. The minimum atomic E-state index is -0.638. The molecule has 0 unspecified atom stereocenters.